The molecule has 3 heteroatoms. The molecule has 0 atom stereocenters. The van der Waals surface area contributed by atoms with Gasteiger partial charge in [0.2, 0.25) is 0 Å². The predicted molar refractivity (Wildman–Crippen MR) is 58.3 cm³/mol. The lowest BCUT2D eigenvalue weighted by Gasteiger charge is -2.08. The molecule has 1 aromatic rings. The van der Waals surface area contributed by atoms with Gasteiger partial charge in [-0.05, 0) is 30.7 Å². The number of ketones is 1. The number of nitrogens with one attached hydrogen (secondary N) is 1. The Labute approximate surface area is 89.4 Å². The molecule has 2 rings (SSSR count). The van der Waals surface area contributed by atoms with Gasteiger partial charge in [0.15, 0.2) is 5.78 Å². The van der Waals surface area contributed by atoms with Crippen molar-refractivity contribution in [2.45, 2.75) is 19.9 Å². The summed E-state index contributed by atoms with van der Waals surface area (Å²) in [5, 5.41) is 3.23. The van der Waals surface area contributed by atoms with Crippen molar-refractivity contribution in [3.05, 3.63) is 29.3 Å². The molecule has 0 amide bonds. The number of hydrogen-bond acceptors (Lipinski definition) is 3. The van der Waals surface area contributed by atoms with E-state index in [0.717, 1.165) is 30.0 Å². The van der Waals surface area contributed by atoms with Gasteiger partial charge in [0.1, 0.15) is 5.75 Å². The molecular formula is C12H15NO2. The molecule has 0 saturated heterocycles. The number of Topliss-reactive ketones (excluding diaryl/α,β-unsaturated/α-hetero) is 1. The SMILES string of the molecule is CCOc1ccc2c(c1)CNCCC2=O. The molecule has 1 heterocycles. The summed E-state index contributed by atoms with van der Waals surface area (Å²) < 4.78 is 5.41. The maximum absolute atomic E-state index is 11.7. The summed E-state index contributed by atoms with van der Waals surface area (Å²) in [4.78, 5) is 11.7. The first-order valence-corrected chi connectivity index (χ1v) is 5.31. The van der Waals surface area contributed by atoms with Gasteiger partial charge in [-0.15, -0.1) is 0 Å². The Morgan fingerprint density at radius 1 is 1.47 bits per heavy atom. The Morgan fingerprint density at radius 3 is 3.13 bits per heavy atom. The number of fused-ring (bicyclic) bond motifs is 1. The molecule has 0 bridgehead atoms. The van der Waals surface area contributed by atoms with Gasteiger partial charge in [-0.2, -0.15) is 0 Å². The Hall–Kier alpha value is -1.35. The van der Waals surface area contributed by atoms with Crippen LogP contribution in [0.4, 0.5) is 0 Å². The van der Waals surface area contributed by atoms with Crippen LogP contribution in [0.15, 0.2) is 18.2 Å². The van der Waals surface area contributed by atoms with Crippen molar-refractivity contribution in [2.24, 2.45) is 0 Å². The summed E-state index contributed by atoms with van der Waals surface area (Å²) >= 11 is 0. The van der Waals surface area contributed by atoms with Crippen LogP contribution in [-0.4, -0.2) is 18.9 Å². The van der Waals surface area contributed by atoms with Gasteiger partial charge >= 0.3 is 0 Å². The molecule has 0 radical (unpaired) electrons. The van der Waals surface area contributed by atoms with Gasteiger partial charge < -0.3 is 10.1 Å². The number of carbonyl (C=O) groups excluding carboxylic acids is 1. The van der Waals surface area contributed by atoms with Gasteiger partial charge in [-0.1, -0.05) is 0 Å². The largest absolute Gasteiger partial charge is 0.494 e. The Kier molecular flexibility index (Phi) is 3.02. The standard InChI is InChI=1S/C12H15NO2/c1-2-15-10-3-4-11-9(7-10)8-13-6-5-12(11)14/h3-4,7,13H,2,5-6,8H2,1H3. The van der Waals surface area contributed by atoms with Gasteiger partial charge in [0.05, 0.1) is 6.61 Å². The zero-order chi connectivity index (χ0) is 10.7. The fourth-order valence-corrected chi connectivity index (χ4v) is 1.80. The first-order chi connectivity index (χ1) is 7.31. The number of ether oxygens (including phenoxy) is 1. The molecule has 0 saturated carbocycles. The van der Waals surface area contributed by atoms with E-state index in [1.165, 1.54) is 0 Å². The van der Waals surface area contributed by atoms with Crippen LogP contribution in [0.3, 0.4) is 0 Å². The second-order valence-electron chi connectivity index (χ2n) is 3.60. The maximum Gasteiger partial charge on any atom is 0.164 e. The summed E-state index contributed by atoms with van der Waals surface area (Å²) in [5.41, 5.74) is 1.88. The number of benzene rings is 1. The lowest BCUT2D eigenvalue weighted by Crippen LogP contribution is -2.12. The normalized spacial score (nSPS) is 15.7. The van der Waals surface area contributed by atoms with Gasteiger partial charge in [-0.25, -0.2) is 0 Å². The summed E-state index contributed by atoms with van der Waals surface area (Å²) in [5.74, 6) is 1.06. The van der Waals surface area contributed by atoms with Crippen LogP contribution in [0.5, 0.6) is 5.75 Å². The highest BCUT2D eigenvalue weighted by molar-refractivity contribution is 5.98. The van der Waals surface area contributed by atoms with Gasteiger partial charge in [0, 0.05) is 25.1 Å². The molecule has 3 nitrogen and oxygen atoms in total. The monoisotopic (exact) mass is 205 g/mol. The van der Waals surface area contributed by atoms with Crippen molar-refractivity contribution < 1.29 is 9.53 Å². The van der Waals surface area contributed by atoms with Crippen LogP contribution in [-0.2, 0) is 6.54 Å². The van der Waals surface area contributed by atoms with E-state index in [0.29, 0.717) is 13.0 Å². The fraction of sp³-hybridized carbons (Fsp3) is 0.417. The zero-order valence-electron chi connectivity index (χ0n) is 8.88. The molecule has 0 spiro atoms. The van der Waals surface area contributed by atoms with Crippen LogP contribution in [0.1, 0.15) is 29.3 Å². The van der Waals surface area contributed by atoms with E-state index >= 15 is 0 Å². The van der Waals surface area contributed by atoms with Crippen LogP contribution < -0.4 is 10.1 Å². The van der Waals surface area contributed by atoms with Crippen molar-refractivity contribution in [3.63, 3.8) is 0 Å². The topological polar surface area (TPSA) is 38.3 Å². The lowest BCUT2D eigenvalue weighted by molar-refractivity contribution is 0.0985. The summed E-state index contributed by atoms with van der Waals surface area (Å²) in [7, 11) is 0. The lowest BCUT2D eigenvalue weighted by atomic mass is 10.0. The Morgan fingerprint density at radius 2 is 2.33 bits per heavy atom. The Bertz CT molecular complexity index is 374. The minimum absolute atomic E-state index is 0.220. The first kappa shape index (κ1) is 10.2. The fourth-order valence-electron chi connectivity index (χ4n) is 1.80. The molecule has 0 fully saturated rings. The van der Waals surface area contributed by atoms with Crippen LogP contribution in [0, 0.1) is 0 Å². The van der Waals surface area contributed by atoms with Gasteiger partial charge in [0.25, 0.3) is 0 Å². The van der Waals surface area contributed by atoms with E-state index in [-0.39, 0.29) is 5.78 Å². The van der Waals surface area contributed by atoms with Crippen LogP contribution in [0.2, 0.25) is 0 Å². The predicted octanol–water partition coefficient (Wildman–Crippen LogP) is 1.76. The molecule has 0 aliphatic carbocycles. The smallest absolute Gasteiger partial charge is 0.164 e. The third kappa shape index (κ3) is 2.18. The number of carbonyl (C=O) groups is 1. The van der Waals surface area contributed by atoms with E-state index in [2.05, 4.69) is 5.32 Å². The second-order valence-corrected chi connectivity index (χ2v) is 3.60. The average molecular weight is 205 g/mol. The molecule has 0 unspecified atom stereocenters. The zero-order valence-corrected chi connectivity index (χ0v) is 8.88. The third-order valence-corrected chi connectivity index (χ3v) is 2.53. The van der Waals surface area contributed by atoms with Crippen molar-refractivity contribution in [3.8, 4) is 5.75 Å². The number of rotatable bonds is 2. The van der Waals surface area contributed by atoms with E-state index in [4.69, 9.17) is 4.74 Å². The minimum atomic E-state index is 0.220. The molecule has 0 aromatic heterocycles. The molecule has 1 aliphatic rings. The van der Waals surface area contributed by atoms with Crippen molar-refractivity contribution in [1.82, 2.24) is 5.32 Å². The number of hydrogen-bond donors (Lipinski definition) is 1. The molecule has 80 valence electrons. The van der Waals surface area contributed by atoms with Crippen molar-refractivity contribution in [1.29, 1.82) is 0 Å². The molecule has 15 heavy (non-hydrogen) atoms. The molecule has 1 aliphatic heterocycles. The Balaban J connectivity index is 2.33. The summed E-state index contributed by atoms with van der Waals surface area (Å²) in [6.07, 6.45) is 0.584. The maximum atomic E-state index is 11.7. The highest BCUT2D eigenvalue weighted by Gasteiger charge is 2.15. The van der Waals surface area contributed by atoms with E-state index in [1.807, 2.05) is 25.1 Å². The molecule has 1 N–H and O–H groups in total. The quantitative estimate of drug-likeness (QED) is 0.799. The van der Waals surface area contributed by atoms with Crippen molar-refractivity contribution in [2.75, 3.05) is 13.2 Å². The highest BCUT2D eigenvalue weighted by Crippen LogP contribution is 2.20. The van der Waals surface area contributed by atoms with E-state index in [1.54, 1.807) is 0 Å². The second kappa shape index (κ2) is 4.45. The summed E-state index contributed by atoms with van der Waals surface area (Å²) in [6.45, 7) is 4.12. The van der Waals surface area contributed by atoms with E-state index in [9.17, 15) is 4.79 Å². The van der Waals surface area contributed by atoms with E-state index < -0.39 is 0 Å². The summed E-state index contributed by atoms with van der Waals surface area (Å²) in [6, 6.07) is 5.69. The third-order valence-electron chi connectivity index (χ3n) is 2.53. The molecule has 1 aromatic carbocycles. The molecular weight excluding hydrogens is 190 g/mol. The average Bonchev–Trinajstić information content (AvgIpc) is 2.41. The van der Waals surface area contributed by atoms with Gasteiger partial charge in [-0.3, -0.25) is 4.79 Å². The first-order valence-electron chi connectivity index (χ1n) is 5.31. The van der Waals surface area contributed by atoms with Crippen molar-refractivity contribution >= 4 is 5.78 Å². The van der Waals surface area contributed by atoms with Crippen LogP contribution >= 0.6 is 0 Å². The minimum Gasteiger partial charge on any atom is -0.494 e. The highest BCUT2D eigenvalue weighted by atomic mass is 16.5. The van der Waals surface area contributed by atoms with Crippen LogP contribution in [0.25, 0.3) is 0 Å².